The van der Waals surface area contributed by atoms with Crippen LogP contribution in [0, 0.1) is 0 Å². The van der Waals surface area contributed by atoms with Gasteiger partial charge < -0.3 is 0 Å². The SMILES string of the molecule is CS(C)=O.CS(C)=O.[Cl][Ru-]([Cl])([Cl])[Cl].c1ccc([P+](c2ccccc2)(c2ccccc2)c2ccccc2)cc1. The first-order valence-electron chi connectivity index (χ1n) is 11.0. The number of rotatable bonds is 4. The fourth-order valence-electron chi connectivity index (χ4n) is 3.50. The normalized spacial score (nSPS) is 11.2. The van der Waals surface area contributed by atoms with Gasteiger partial charge in [-0.25, -0.2) is 0 Å². The Morgan fingerprint density at radius 2 is 0.579 bits per heavy atom. The van der Waals surface area contributed by atoms with Gasteiger partial charge in [-0.1, -0.05) is 72.8 Å². The van der Waals surface area contributed by atoms with Gasteiger partial charge >= 0.3 is 49.6 Å². The van der Waals surface area contributed by atoms with E-state index >= 15 is 0 Å². The standard InChI is InChI=1S/C24H20P.2C2H6OS.4ClH.Ru/c1-5-13-21(14-6-1)25(22-15-7-2-8-16-22,23-17-9-3-10-18-23)24-19-11-4-12-20-24;2*1-4(2)3;;;;;/h1-20H;2*1-2H3;4*1H;/q+1;;;;;;;+3/p-4. The molecule has 4 aromatic carbocycles. The third-order valence-corrected chi connectivity index (χ3v) is 8.86. The van der Waals surface area contributed by atoms with Crippen LogP contribution < -0.4 is 21.2 Å². The summed E-state index contributed by atoms with van der Waals surface area (Å²) in [7, 11) is 13.9. The van der Waals surface area contributed by atoms with E-state index in [1.807, 2.05) is 0 Å². The van der Waals surface area contributed by atoms with E-state index in [0.29, 0.717) is 0 Å². The first kappa shape index (κ1) is 35.4. The van der Waals surface area contributed by atoms with E-state index in [1.54, 1.807) is 25.0 Å². The second-order valence-corrected chi connectivity index (χ2v) is 30.0. The molecule has 4 rings (SSSR count). The molecular formula is C28H32Cl4O2PRuS2. The van der Waals surface area contributed by atoms with Crippen LogP contribution in [0.5, 0.6) is 0 Å². The molecule has 0 saturated heterocycles. The Balaban J connectivity index is 0.000000466. The first-order chi connectivity index (χ1) is 17.9. The molecule has 0 heterocycles. The van der Waals surface area contributed by atoms with Gasteiger partial charge in [0, 0.05) is 46.6 Å². The summed E-state index contributed by atoms with van der Waals surface area (Å²) in [6.07, 6.45) is 6.56. The van der Waals surface area contributed by atoms with Crippen LogP contribution in [0.2, 0.25) is 0 Å². The van der Waals surface area contributed by atoms with E-state index in [-0.39, 0.29) is 0 Å². The van der Waals surface area contributed by atoms with Crippen molar-refractivity contribution in [1.29, 1.82) is 0 Å². The molecule has 209 valence electrons. The van der Waals surface area contributed by atoms with E-state index in [1.165, 1.54) is 21.2 Å². The van der Waals surface area contributed by atoms with E-state index in [4.69, 9.17) is 38.8 Å². The van der Waals surface area contributed by atoms with E-state index in [2.05, 4.69) is 121 Å². The molecule has 0 aliphatic carbocycles. The zero-order chi connectivity index (χ0) is 28.6. The average molecular weight is 739 g/mol. The van der Waals surface area contributed by atoms with Gasteiger partial charge in [0.1, 0.15) is 28.5 Å². The minimum absolute atomic E-state index is 0.611. The Kier molecular flexibility index (Phi) is 17.4. The van der Waals surface area contributed by atoms with Crippen molar-refractivity contribution in [2.75, 3.05) is 25.0 Å². The van der Waals surface area contributed by atoms with Gasteiger partial charge in [-0.05, 0) is 48.5 Å². The van der Waals surface area contributed by atoms with Gasteiger partial charge in [-0.2, -0.15) is 0 Å². The Bertz CT molecular complexity index is 1040. The summed E-state index contributed by atoms with van der Waals surface area (Å²) in [5, 5.41) is 5.55. The second kappa shape index (κ2) is 18.7. The minimum atomic E-state index is -2.97. The molecule has 2 nitrogen and oxygen atoms in total. The molecule has 10 heteroatoms. The summed E-state index contributed by atoms with van der Waals surface area (Å²) in [5.41, 5.74) is 0. The molecule has 0 aromatic heterocycles. The second-order valence-electron chi connectivity index (χ2n) is 7.80. The van der Waals surface area contributed by atoms with Gasteiger partial charge in [-0.15, -0.1) is 0 Å². The van der Waals surface area contributed by atoms with Crippen LogP contribution in [-0.4, -0.2) is 33.4 Å². The van der Waals surface area contributed by atoms with Crippen LogP contribution >= 0.6 is 46.0 Å². The number of halogens is 4. The maximum atomic E-state index is 9.56. The van der Waals surface area contributed by atoms with Crippen LogP contribution in [0.25, 0.3) is 0 Å². The molecular weight excluding hydrogens is 706 g/mol. The summed E-state index contributed by atoms with van der Waals surface area (Å²) in [5.74, 6) is 0. The zero-order valence-corrected chi connectivity index (χ0v) is 28.8. The van der Waals surface area contributed by atoms with E-state index < -0.39 is 39.7 Å². The fourth-order valence-corrected chi connectivity index (χ4v) is 7.77. The average Bonchev–Trinajstić information content (AvgIpc) is 2.86. The molecule has 0 bridgehead atoms. The molecule has 0 unspecified atom stereocenters. The smallest absolute Gasteiger partial charge is 0.0620 e. The predicted molar refractivity (Wildman–Crippen MR) is 175 cm³/mol. The Morgan fingerprint density at radius 3 is 0.711 bits per heavy atom. The van der Waals surface area contributed by atoms with Crippen molar-refractivity contribution in [2.24, 2.45) is 0 Å². The molecule has 0 saturated carbocycles. The maximum Gasteiger partial charge on any atom is 0.144 e. The Labute approximate surface area is 252 Å². The molecule has 0 aliphatic rings. The van der Waals surface area contributed by atoms with Gasteiger partial charge in [-0.3, -0.25) is 8.42 Å². The van der Waals surface area contributed by atoms with Gasteiger partial charge in [0.2, 0.25) is 0 Å². The van der Waals surface area contributed by atoms with Gasteiger partial charge in [0.25, 0.3) is 0 Å². The molecule has 0 spiro atoms. The monoisotopic (exact) mass is 737 g/mol. The quantitative estimate of drug-likeness (QED) is 0.166. The third-order valence-electron chi connectivity index (χ3n) is 4.57. The van der Waals surface area contributed by atoms with Crippen molar-refractivity contribution in [2.45, 2.75) is 0 Å². The Morgan fingerprint density at radius 1 is 0.447 bits per heavy atom. The van der Waals surface area contributed by atoms with E-state index in [0.717, 1.165) is 0 Å². The largest absolute Gasteiger partial charge is 0.144 e. The maximum absolute atomic E-state index is 9.56. The first-order valence-corrected chi connectivity index (χ1v) is 25.7. The van der Waals surface area contributed by atoms with Crippen LogP contribution in [-0.2, 0) is 32.4 Å². The molecule has 0 fully saturated rings. The topological polar surface area (TPSA) is 34.1 Å². The van der Waals surface area contributed by atoms with E-state index in [9.17, 15) is 8.42 Å². The zero-order valence-electron chi connectivity index (χ0n) is 21.5. The van der Waals surface area contributed by atoms with Gasteiger partial charge in [0.15, 0.2) is 0 Å². The number of hydrogen-bond donors (Lipinski definition) is 0. The van der Waals surface area contributed by atoms with Crippen molar-refractivity contribution in [3.8, 4) is 0 Å². The molecule has 0 amide bonds. The number of hydrogen-bond acceptors (Lipinski definition) is 2. The minimum Gasteiger partial charge on any atom is -0.0620 e. The molecule has 38 heavy (non-hydrogen) atoms. The van der Waals surface area contributed by atoms with Crippen molar-refractivity contribution in [1.82, 2.24) is 0 Å². The Hall–Kier alpha value is -0.607. The van der Waals surface area contributed by atoms with Crippen molar-refractivity contribution in [3.05, 3.63) is 121 Å². The van der Waals surface area contributed by atoms with Crippen LogP contribution in [0.1, 0.15) is 0 Å². The van der Waals surface area contributed by atoms with Crippen molar-refractivity contribution >= 4 is 88.8 Å². The molecule has 0 aliphatic heterocycles. The summed E-state index contributed by atoms with van der Waals surface area (Å²) < 4.78 is 19.1. The fraction of sp³-hybridized carbons (Fsp3) is 0.143. The van der Waals surface area contributed by atoms with Crippen LogP contribution in [0.4, 0.5) is 0 Å². The summed E-state index contributed by atoms with van der Waals surface area (Å²) in [4.78, 5) is 0. The summed E-state index contributed by atoms with van der Waals surface area (Å²) in [6, 6.07) is 43.8. The van der Waals surface area contributed by atoms with Crippen LogP contribution in [0.15, 0.2) is 121 Å². The third kappa shape index (κ3) is 13.6. The van der Waals surface area contributed by atoms with Crippen molar-refractivity contribution < 1.29 is 19.2 Å². The van der Waals surface area contributed by atoms with Crippen LogP contribution in [0.3, 0.4) is 0 Å². The molecule has 4 aromatic rings. The number of benzene rings is 4. The molecule has 0 N–H and O–H groups in total. The summed E-state index contributed by atoms with van der Waals surface area (Å²) >= 11 is 0. The molecule has 0 radical (unpaired) electrons. The molecule has 0 atom stereocenters. The van der Waals surface area contributed by atoms with Gasteiger partial charge in [0.05, 0.1) is 0 Å². The van der Waals surface area contributed by atoms with Crippen molar-refractivity contribution in [3.63, 3.8) is 0 Å². The summed E-state index contributed by atoms with van der Waals surface area (Å²) in [6.45, 7) is 0. The predicted octanol–water partition coefficient (Wildman–Crippen LogP) is 7.05.